The number of aliphatic hydroxyl groups excluding tert-OH is 5. The Morgan fingerprint density at radius 3 is 2.37 bits per heavy atom. The molecular weight excluding hydrogens is 772 g/mol. The SMILES string of the molecule is C[NH+]=C(N)NC1CCCC2CC3C(=O)C4C(CO)C(OC)CC(OC5OC(CO)C(O)(CC(CN6C(=O)C=CC6=O)C6CC[NH2+]C(N)C6)C(O)C5O)C4C(=O)C3C(O)C21. The summed E-state index contributed by atoms with van der Waals surface area (Å²) in [5.41, 5.74) is 10.0. The lowest BCUT2D eigenvalue weighted by Gasteiger charge is -2.56. The van der Waals surface area contributed by atoms with Gasteiger partial charge in [-0.3, -0.25) is 45.9 Å². The summed E-state index contributed by atoms with van der Waals surface area (Å²) in [7, 11) is 3.09. The Balaban J connectivity index is 1.15. The second kappa shape index (κ2) is 17.8. The van der Waals surface area contributed by atoms with Crippen LogP contribution in [0.25, 0.3) is 0 Å². The maximum atomic E-state index is 14.9. The first-order valence-electron chi connectivity index (χ1n) is 21.3. The summed E-state index contributed by atoms with van der Waals surface area (Å²) in [6, 6.07) is -0.249. The van der Waals surface area contributed by atoms with Crippen LogP contribution in [0, 0.1) is 53.3 Å². The van der Waals surface area contributed by atoms with Crippen molar-refractivity contribution in [2.75, 3.05) is 40.5 Å². The van der Waals surface area contributed by atoms with Gasteiger partial charge in [0.2, 0.25) is 0 Å². The number of ketones is 2. The van der Waals surface area contributed by atoms with Crippen molar-refractivity contribution >= 4 is 29.3 Å². The number of fused-ring (bicyclic) bond motifs is 3. The summed E-state index contributed by atoms with van der Waals surface area (Å²) in [6.45, 7) is -0.754. The van der Waals surface area contributed by atoms with E-state index in [1.807, 2.05) is 5.32 Å². The number of methoxy groups -OCH3 is 1. The van der Waals surface area contributed by atoms with E-state index < -0.39 is 115 Å². The molecule has 0 aromatic heterocycles. The van der Waals surface area contributed by atoms with E-state index in [1.54, 1.807) is 7.05 Å². The zero-order valence-corrected chi connectivity index (χ0v) is 33.8. The van der Waals surface area contributed by atoms with Gasteiger partial charge in [-0.2, -0.15) is 0 Å². The fourth-order valence-electron chi connectivity index (χ4n) is 12.2. The Kier molecular flexibility index (Phi) is 13.3. The Hall–Kier alpha value is -2.95. The third-order valence-corrected chi connectivity index (χ3v) is 15.1. The molecule has 2 amide bonds. The van der Waals surface area contributed by atoms with Gasteiger partial charge in [0, 0.05) is 68.9 Å². The Labute approximate surface area is 342 Å². The number of piperidine rings is 1. The fraction of sp³-hybridized carbons (Fsp3) is 0.825. The zero-order valence-electron chi connectivity index (χ0n) is 33.8. The molecule has 0 radical (unpaired) electrons. The summed E-state index contributed by atoms with van der Waals surface area (Å²) in [4.78, 5) is 58.7. The third kappa shape index (κ3) is 8.01. The van der Waals surface area contributed by atoms with Crippen molar-refractivity contribution in [1.82, 2.24) is 10.2 Å². The number of Topliss-reactive ketones (excluding diaryl/α,β-unsaturated/α-hetero) is 2. The minimum Gasteiger partial charge on any atom is -0.396 e. The predicted molar refractivity (Wildman–Crippen MR) is 203 cm³/mol. The van der Waals surface area contributed by atoms with Crippen LogP contribution in [-0.4, -0.2) is 166 Å². The van der Waals surface area contributed by atoms with Gasteiger partial charge in [0.15, 0.2) is 6.29 Å². The first-order chi connectivity index (χ1) is 28.2. The van der Waals surface area contributed by atoms with Crippen molar-refractivity contribution in [3.05, 3.63) is 12.2 Å². The number of nitrogens with one attached hydrogen (secondary N) is 2. The highest BCUT2D eigenvalue weighted by Gasteiger charge is 2.65. The van der Waals surface area contributed by atoms with Crippen LogP contribution in [0.1, 0.15) is 51.4 Å². The highest BCUT2D eigenvalue weighted by molar-refractivity contribution is 6.12. The molecule has 7 aliphatic rings. The lowest BCUT2D eigenvalue weighted by molar-refractivity contribution is -0.699. The molecule has 6 fully saturated rings. The fourth-order valence-corrected chi connectivity index (χ4v) is 12.2. The van der Waals surface area contributed by atoms with Crippen LogP contribution in [0.5, 0.6) is 0 Å². The number of amides is 2. The lowest BCUT2D eigenvalue weighted by Crippen LogP contribution is -2.94. The molecule has 19 heteroatoms. The van der Waals surface area contributed by atoms with Gasteiger partial charge in [-0.1, -0.05) is 0 Å². The molecule has 14 N–H and O–H groups in total. The van der Waals surface area contributed by atoms with Gasteiger partial charge in [0.25, 0.3) is 11.8 Å². The number of guanidine groups is 1. The minimum atomic E-state index is -2.30. The molecule has 2 saturated heterocycles. The minimum absolute atomic E-state index is 0.0248. The number of imide groups is 1. The molecule has 0 aromatic rings. The summed E-state index contributed by atoms with van der Waals surface area (Å²) >= 11 is 0. The predicted octanol–water partition coefficient (Wildman–Crippen LogP) is -6.46. The van der Waals surface area contributed by atoms with Gasteiger partial charge in [0.1, 0.15) is 41.6 Å². The topological polar surface area (TPSA) is 315 Å². The van der Waals surface area contributed by atoms with E-state index in [1.165, 1.54) is 7.11 Å². The number of nitrogens with zero attached hydrogens (tertiary/aromatic N) is 1. The lowest BCUT2D eigenvalue weighted by atomic mass is 9.50. The average molecular weight is 837 g/mol. The molecule has 59 heavy (non-hydrogen) atoms. The van der Waals surface area contributed by atoms with Gasteiger partial charge < -0.3 is 50.2 Å². The van der Waals surface area contributed by atoms with Crippen LogP contribution in [0.4, 0.5) is 0 Å². The number of hydrogen-bond donors (Lipinski definition) is 11. The second-order valence-corrected chi connectivity index (χ2v) is 18.1. The van der Waals surface area contributed by atoms with Gasteiger partial charge in [-0.15, -0.1) is 0 Å². The maximum absolute atomic E-state index is 14.9. The monoisotopic (exact) mass is 836 g/mol. The highest BCUT2D eigenvalue weighted by Crippen LogP contribution is 2.54. The van der Waals surface area contributed by atoms with Gasteiger partial charge >= 0.3 is 5.96 Å². The molecule has 330 valence electrons. The molecule has 4 saturated carbocycles. The number of rotatable bonds is 11. The van der Waals surface area contributed by atoms with Crippen molar-refractivity contribution in [2.24, 2.45) is 64.7 Å². The Morgan fingerprint density at radius 2 is 1.73 bits per heavy atom. The summed E-state index contributed by atoms with van der Waals surface area (Å²) in [6.07, 6.45) is -4.80. The van der Waals surface area contributed by atoms with Crippen molar-refractivity contribution in [3.8, 4) is 0 Å². The van der Waals surface area contributed by atoms with Crippen LogP contribution in [0.15, 0.2) is 12.2 Å². The van der Waals surface area contributed by atoms with Crippen molar-refractivity contribution in [1.29, 1.82) is 0 Å². The molecule has 19 atom stereocenters. The van der Waals surface area contributed by atoms with Crippen LogP contribution >= 0.6 is 0 Å². The van der Waals surface area contributed by atoms with Crippen LogP contribution in [0.2, 0.25) is 0 Å². The van der Waals surface area contributed by atoms with Crippen molar-refractivity contribution in [2.45, 2.75) is 112 Å². The largest absolute Gasteiger partial charge is 0.396 e. The summed E-state index contributed by atoms with van der Waals surface area (Å²) in [5, 5.41) is 74.3. The van der Waals surface area contributed by atoms with E-state index in [9.17, 15) is 49.8 Å². The summed E-state index contributed by atoms with van der Waals surface area (Å²) in [5.74, 6) is -7.53. The number of aliphatic hydroxyl groups is 6. The van der Waals surface area contributed by atoms with E-state index in [2.05, 4.69) is 10.3 Å². The molecular formula is C40H64N6O13+2. The first kappa shape index (κ1) is 44.1. The van der Waals surface area contributed by atoms with Gasteiger partial charge in [0.05, 0.1) is 56.4 Å². The number of carbonyl (C=O) groups is 4. The molecule has 0 bridgehead atoms. The van der Waals surface area contributed by atoms with E-state index in [-0.39, 0.29) is 55.1 Å². The summed E-state index contributed by atoms with van der Waals surface area (Å²) < 4.78 is 18.3. The molecule has 19 unspecified atom stereocenters. The van der Waals surface area contributed by atoms with Crippen molar-refractivity contribution < 1.29 is 74.3 Å². The number of ether oxygens (including phenoxy) is 3. The van der Waals surface area contributed by atoms with E-state index in [4.69, 9.17) is 25.7 Å². The van der Waals surface area contributed by atoms with E-state index in [0.29, 0.717) is 38.2 Å². The Bertz CT molecular complexity index is 1630. The number of nitrogens with two attached hydrogens (primary N) is 3. The van der Waals surface area contributed by atoms with Gasteiger partial charge in [-0.05, 0) is 56.3 Å². The van der Waals surface area contributed by atoms with E-state index >= 15 is 0 Å². The average Bonchev–Trinajstić information content (AvgIpc) is 3.54. The molecule has 0 spiro atoms. The Morgan fingerprint density at radius 1 is 1.00 bits per heavy atom. The van der Waals surface area contributed by atoms with Gasteiger partial charge in [-0.25, -0.2) is 0 Å². The number of hydrogen-bond acceptors (Lipinski definition) is 14. The number of carbonyl (C=O) groups excluding carboxylic acids is 4. The normalized spacial score (nSPS) is 45.8. The second-order valence-electron chi connectivity index (χ2n) is 18.1. The van der Waals surface area contributed by atoms with Crippen molar-refractivity contribution in [3.63, 3.8) is 0 Å². The maximum Gasteiger partial charge on any atom is 0.341 e. The smallest absolute Gasteiger partial charge is 0.341 e. The molecule has 0 aromatic carbocycles. The van der Waals surface area contributed by atoms with Crippen LogP contribution in [-0.2, 0) is 33.4 Å². The molecule has 4 aliphatic carbocycles. The molecule has 19 nitrogen and oxygen atoms in total. The quantitative estimate of drug-likeness (QED) is 0.0524. The van der Waals surface area contributed by atoms with Crippen LogP contribution < -0.4 is 27.1 Å². The first-order valence-corrected chi connectivity index (χ1v) is 21.3. The molecule has 3 heterocycles. The highest BCUT2D eigenvalue weighted by atomic mass is 16.7. The molecule has 7 rings (SSSR count). The number of quaternary nitrogens is 1. The van der Waals surface area contributed by atoms with Crippen LogP contribution in [0.3, 0.4) is 0 Å². The molecule has 3 aliphatic heterocycles. The van der Waals surface area contributed by atoms with E-state index in [0.717, 1.165) is 29.9 Å². The standard InChI is InChI=1S/C40H62N6O13/c1-43-39(42)45-22-5-3-4-18-10-20-31(34(52)29(18)22)35(53)32-24(12-23(57-2)21(15-47)30(32)33(20)51)58-38-36(54)37(55)40(56,25(16-48)59-38)13-19(17-8-9-44-26(41)11-17)14-46-27(49)6-7-28(46)50/h6-7,17-26,29-32,34,36-38,44,47-48,52,54-56H,3-5,8-16,41H2,1-2H3,(H3,42,43,45)/p+2. The third-order valence-electron chi connectivity index (χ3n) is 15.1. The zero-order chi connectivity index (χ0) is 42.5.